The summed E-state index contributed by atoms with van der Waals surface area (Å²) in [4.78, 5) is 14.3. The van der Waals surface area contributed by atoms with E-state index in [1.807, 2.05) is 12.4 Å². The van der Waals surface area contributed by atoms with E-state index in [9.17, 15) is 0 Å². The number of anilines is 1. The number of aromatic nitrogens is 2. The average molecular weight is 300 g/mol. The molecule has 1 aromatic heterocycles. The minimum atomic E-state index is 0.500. The molecule has 0 amide bonds. The molecule has 1 aliphatic carbocycles. The Bertz CT molecular complexity index is 510. The highest BCUT2D eigenvalue weighted by molar-refractivity contribution is 5.33. The van der Waals surface area contributed by atoms with Crippen LogP contribution in [0.5, 0.6) is 0 Å². The summed E-state index contributed by atoms with van der Waals surface area (Å²) < 4.78 is 0. The van der Waals surface area contributed by atoms with Crippen molar-refractivity contribution >= 4 is 5.95 Å². The van der Waals surface area contributed by atoms with Gasteiger partial charge in [-0.15, -0.1) is 0 Å². The zero-order valence-electron chi connectivity index (χ0n) is 13.8. The highest BCUT2D eigenvalue weighted by Crippen LogP contribution is 2.41. The number of rotatable bonds is 4. The predicted molar refractivity (Wildman–Crippen MR) is 89.1 cm³/mol. The van der Waals surface area contributed by atoms with Crippen molar-refractivity contribution in [3.8, 4) is 0 Å². The van der Waals surface area contributed by atoms with E-state index in [-0.39, 0.29) is 0 Å². The van der Waals surface area contributed by atoms with Gasteiger partial charge in [-0.2, -0.15) is 0 Å². The standard InChI is InChI=1S/C18H28N4/c1-2-15-10-19-17(20-11-15)22-9-7-18(14-22)6-3-8-21(13-18)12-16-4-5-16/h10-11,16H,2-9,12-14H2,1H3. The first-order chi connectivity index (χ1) is 10.8. The summed E-state index contributed by atoms with van der Waals surface area (Å²) in [6, 6.07) is 0. The smallest absolute Gasteiger partial charge is 0.225 e. The quantitative estimate of drug-likeness (QED) is 0.856. The summed E-state index contributed by atoms with van der Waals surface area (Å²) in [6.07, 6.45) is 12.0. The first kappa shape index (κ1) is 14.4. The molecule has 0 radical (unpaired) electrons. The van der Waals surface area contributed by atoms with Crippen LogP contribution in [0.15, 0.2) is 12.4 Å². The zero-order valence-corrected chi connectivity index (χ0v) is 13.8. The van der Waals surface area contributed by atoms with Gasteiger partial charge in [0.25, 0.3) is 0 Å². The third-order valence-electron chi connectivity index (χ3n) is 5.77. The Hall–Kier alpha value is -1.16. The number of hydrogen-bond acceptors (Lipinski definition) is 4. The predicted octanol–water partition coefficient (Wildman–Crippen LogP) is 2.74. The topological polar surface area (TPSA) is 32.3 Å². The third-order valence-corrected chi connectivity index (χ3v) is 5.77. The van der Waals surface area contributed by atoms with Crippen molar-refractivity contribution < 1.29 is 0 Å². The van der Waals surface area contributed by atoms with E-state index in [1.54, 1.807) is 0 Å². The Labute approximate surface area is 133 Å². The van der Waals surface area contributed by atoms with Gasteiger partial charge in [-0.3, -0.25) is 0 Å². The molecule has 22 heavy (non-hydrogen) atoms. The van der Waals surface area contributed by atoms with E-state index < -0.39 is 0 Å². The summed E-state index contributed by atoms with van der Waals surface area (Å²) >= 11 is 0. The molecule has 1 atom stereocenters. The van der Waals surface area contributed by atoms with E-state index in [4.69, 9.17) is 0 Å². The highest BCUT2D eigenvalue weighted by Gasteiger charge is 2.42. The van der Waals surface area contributed by atoms with Crippen molar-refractivity contribution in [3.63, 3.8) is 0 Å². The Kier molecular flexibility index (Phi) is 3.81. The number of piperidine rings is 1. The van der Waals surface area contributed by atoms with Crippen LogP contribution < -0.4 is 4.90 Å². The fourth-order valence-electron chi connectivity index (χ4n) is 4.26. The van der Waals surface area contributed by atoms with Gasteiger partial charge in [0.05, 0.1) is 0 Å². The molecule has 0 bridgehead atoms. The van der Waals surface area contributed by atoms with Crippen molar-refractivity contribution in [2.75, 3.05) is 37.6 Å². The summed E-state index contributed by atoms with van der Waals surface area (Å²) in [7, 11) is 0. The molecule has 1 saturated carbocycles. The minimum Gasteiger partial charge on any atom is -0.340 e. The second-order valence-electron chi connectivity index (χ2n) is 7.70. The average Bonchev–Trinajstić information content (AvgIpc) is 3.27. The van der Waals surface area contributed by atoms with Gasteiger partial charge in [-0.1, -0.05) is 6.92 Å². The molecule has 2 aliphatic heterocycles. The third kappa shape index (κ3) is 2.98. The van der Waals surface area contributed by atoms with Gasteiger partial charge >= 0.3 is 0 Å². The number of aryl methyl sites for hydroxylation is 1. The molecule has 1 aromatic rings. The summed E-state index contributed by atoms with van der Waals surface area (Å²) in [6.45, 7) is 8.40. The fraction of sp³-hybridized carbons (Fsp3) is 0.778. The Morgan fingerprint density at radius 3 is 2.68 bits per heavy atom. The van der Waals surface area contributed by atoms with Crippen molar-refractivity contribution in [2.45, 2.75) is 45.4 Å². The SMILES string of the molecule is CCc1cnc(N2CCC3(CCCN(CC4CC4)C3)C2)nc1. The fourth-order valence-corrected chi connectivity index (χ4v) is 4.26. The second kappa shape index (κ2) is 5.80. The maximum Gasteiger partial charge on any atom is 0.225 e. The molecule has 3 aliphatic rings. The summed E-state index contributed by atoms with van der Waals surface area (Å²) in [5, 5.41) is 0. The van der Waals surface area contributed by atoms with Gasteiger partial charge in [0.15, 0.2) is 0 Å². The summed E-state index contributed by atoms with van der Waals surface area (Å²) in [5.41, 5.74) is 1.73. The van der Waals surface area contributed by atoms with Crippen LogP contribution in [0.25, 0.3) is 0 Å². The Balaban J connectivity index is 1.41. The monoisotopic (exact) mass is 300 g/mol. The number of nitrogens with zero attached hydrogens (tertiary/aromatic N) is 4. The largest absolute Gasteiger partial charge is 0.340 e. The molecule has 1 spiro atoms. The molecule has 4 heteroatoms. The molecular formula is C18H28N4. The number of hydrogen-bond donors (Lipinski definition) is 0. The van der Waals surface area contributed by atoms with Crippen molar-refractivity contribution in [2.24, 2.45) is 11.3 Å². The minimum absolute atomic E-state index is 0.500. The Morgan fingerprint density at radius 1 is 1.14 bits per heavy atom. The van der Waals surface area contributed by atoms with Crippen LogP contribution in [0.1, 0.15) is 44.6 Å². The summed E-state index contributed by atoms with van der Waals surface area (Å²) in [5.74, 6) is 1.95. The van der Waals surface area contributed by atoms with Crippen molar-refractivity contribution in [1.82, 2.24) is 14.9 Å². The lowest BCUT2D eigenvalue weighted by atomic mass is 9.79. The molecule has 0 aromatic carbocycles. The van der Waals surface area contributed by atoms with E-state index in [0.29, 0.717) is 5.41 Å². The van der Waals surface area contributed by atoms with E-state index in [0.717, 1.165) is 31.4 Å². The van der Waals surface area contributed by atoms with E-state index >= 15 is 0 Å². The second-order valence-corrected chi connectivity index (χ2v) is 7.70. The van der Waals surface area contributed by atoms with Gasteiger partial charge in [-0.05, 0) is 56.6 Å². The maximum atomic E-state index is 4.59. The molecular weight excluding hydrogens is 272 g/mol. The molecule has 1 unspecified atom stereocenters. The molecule has 3 heterocycles. The van der Waals surface area contributed by atoms with Gasteiger partial charge in [0, 0.05) is 44.0 Å². The molecule has 4 rings (SSSR count). The van der Waals surface area contributed by atoms with Gasteiger partial charge in [0.1, 0.15) is 0 Å². The maximum absolute atomic E-state index is 4.59. The van der Waals surface area contributed by atoms with Gasteiger partial charge in [0.2, 0.25) is 5.95 Å². The molecule has 2 saturated heterocycles. The van der Waals surface area contributed by atoms with Crippen LogP contribution >= 0.6 is 0 Å². The molecule has 120 valence electrons. The van der Waals surface area contributed by atoms with Crippen LogP contribution in [0.2, 0.25) is 0 Å². The Morgan fingerprint density at radius 2 is 1.95 bits per heavy atom. The first-order valence-corrected chi connectivity index (χ1v) is 9.05. The van der Waals surface area contributed by atoms with Crippen LogP contribution in [0.3, 0.4) is 0 Å². The lowest BCUT2D eigenvalue weighted by Gasteiger charge is -2.40. The number of likely N-dealkylation sites (tertiary alicyclic amines) is 1. The zero-order chi connectivity index (χ0) is 15.0. The van der Waals surface area contributed by atoms with Crippen LogP contribution in [0.4, 0.5) is 5.95 Å². The van der Waals surface area contributed by atoms with Crippen LogP contribution in [0, 0.1) is 11.3 Å². The van der Waals surface area contributed by atoms with Crippen LogP contribution in [-0.4, -0.2) is 47.6 Å². The van der Waals surface area contributed by atoms with Crippen molar-refractivity contribution in [3.05, 3.63) is 18.0 Å². The lowest BCUT2D eigenvalue weighted by Crippen LogP contribution is -2.45. The lowest BCUT2D eigenvalue weighted by molar-refractivity contribution is 0.101. The molecule has 4 nitrogen and oxygen atoms in total. The van der Waals surface area contributed by atoms with E-state index in [1.165, 1.54) is 57.3 Å². The highest BCUT2D eigenvalue weighted by atomic mass is 15.3. The first-order valence-electron chi connectivity index (χ1n) is 9.05. The van der Waals surface area contributed by atoms with Crippen LogP contribution in [-0.2, 0) is 6.42 Å². The van der Waals surface area contributed by atoms with Gasteiger partial charge < -0.3 is 9.80 Å². The van der Waals surface area contributed by atoms with Crippen molar-refractivity contribution in [1.29, 1.82) is 0 Å². The van der Waals surface area contributed by atoms with Gasteiger partial charge in [-0.25, -0.2) is 9.97 Å². The molecule has 3 fully saturated rings. The molecule has 0 N–H and O–H groups in total. The normalized spacial score (nSPS) is 29.4. The van der Waals surface area contributed by atoms with E-state index in [2.05, 4.69) is 26.7 Å².